The lowest BCUT2D eigenvalue weighted by molar-refractivity contribution is 0.201. The minimum absolute atomic E-state index is 0.0702. The average Bonchev–Trinajstić information content (AvgIpc) is 3.49. The molecule has 0 spiro atoms. The average molecular weight is 400 g/mol. The van der Waals surface area contributed by atoms with Gasteiger partial charge in [-0.25, -0.2) is 13.5 Å². The minimum atomic E-state index is -0.532. The topological polar surface area (TPSA) is 26.0 Å². The summed E-state index contributed by atoms with van der Waals surface area (Å²) in [4.78, 5) is 1.93. The molecular formula is C21H22F2N4S. The molecule has 1 aliphatic carbocycles. The van der Waals surface area contributed by atoms with Crippen molar-refractivity contribution in [2.45, 2.75) is 38.9 Å². The van der Waals surface area contributed by atoms with Gasteiger partial charge in [0.15, 0.2) is 0 Å². The molecular weight excluding hydrogens is 378 g/mol. The van der Waals surface area contributed by atoms with Gasteiger partial charge in [0.25, 0.3) is 0 Å². The molecule has 1 heterocycles. The van der Waals surface area contributed by atoms with Gasteiger partial charge in [0, 0.05) is 23.7 Å². The fourth-order valence-corrected chi connectivity index (χ4v) is 3.60. The Kier molecular flexibility index (Phi) is 5.37. The summed E-state index contributed by atoms with van der Waals surface area (Å²) in [5.74, 6) is 0.317. The summed E-state index contributed by atoms with van der Waals surface area (Å²) in [6.45, 7) is 3.11. The largest absolute Gasteiger partial charge is 0.280 e. The molecule has 1 fully saturated rings. The Morgan fingerprint density at radius 1 is 1.07 bits per heavy atom. The number of rotatable bonds is 7. The zero-order valence-corrected chi connectivity index (χ0v) is 16.5. The van der Waals surface area contributed by atoms with Crippen LogP contribution in [0.25, 0.3) is 5.69 Å². The lowest BCUT2D eigenvalue weighted by Crippen LogP contribution is -2.27. The normalized spacial score (nSPS) is 14.0. The summed E-state index contributed by atoms with van der Waals surface area (Å²) in [5.41, 5.74) is 1.06. The van der Waals surface area contributed by atoms with Gasteiger partial charge in [0.1, 0.15) is 17.5 Å². The summed E-state index contributed by atoms with van der Waals surface area (Å²) in [7, 11) is 0. The molecule has 0 unspecified atom stereocenters. The summed E-state index contributed by atoms with van der Waals surface area (Å²) in [5, 5.41) is 4.77. The van der Waals surface area contributed by atoms with Crippen molar-refractivity contribution in [3.8, 4) is 5.69 Å². The van der Waals surface area contributed by atoms with E-state index in [0.29, 0.717) is 23.9 Å². The monoisotopic (exact) mass is 400 g/mol. The molecule has 0 atom stereocenters. The van der Waals surface area contributed by atoms with Gasteiger partial charge < -0.3 is 0 Å². The van der Waals surface area contributed by atoms with E-state index in [-0.39, 0.29) is 12.1 Å². The van der Waals surface area contributed by atoms with Crippen LogP contribution in [0.2, 0.25) is 0 Å². The maximum atomic E-state index is 14.1. The van der Waals surface area contributed by atoms with Crippen LogP contribution in [0.4, 0.5) is 8.78 Å². The maximum Gasteiger partial charge on any atom is 0.203 e. The van der Waals surface area contributed by atoms with Gasteiger partial charge in [-0.05, 0) is 55.9 Å². The highest BCUT2D eigenvalue weighted by Gasteiger charge is 2.31. The Morgan fingerprint density at radius 3 is 2.36 bits per heavy atom. The van der Waals surface area contributed by atoms with Crippen molar-refractivity contribution in [3.63, 3.8) is 0 Å². The number of hydrogen-bond donors (Lipinski definition) is 0. The number of nitrogens with zero attached hydrogens (tertiary/aromatic N) is 4. The minimum Gasteiger partial charge on any atom is -0.280 e. The van der Waals surface area contributed by atoms with E-state index in [1.165, 1.54) is 18.2 Å². The van der Waals surface area contributed by atoms with Gasteiger partial charge in [0.2, 0.25) is 4.77 Å². The maximum absolute atomic E-state index is 14.1. The lowest BCUT2D eigenvalue weighted by atomic mass is 10.2. The summed E-state index contributed by atoms with van der Waals surface area (Å²) < 4.78 is 32.5. The summed E-state index contributed by atoms with van der Waals surface area (Å²) >= 11 is 5.71. The molecule has 0 bridgehead atoms. The smallest absolute Gasteiger partial charge is 0.203 e. The molecule has 0 N–H and O–H groups in total. The third-order valence-electron chi connectivity index (χ3n) is 5.05. The standard InChI is InChI=1S/C21H22F2N4S/c1-2-25(13-17-18(22)9-6-10-19(17)23)14-26-21(28)27(16-7-4-3-5-8-16)20(24-26)15-11-12-15/h3-10,15H,2,11-14H2,1H3. The Hall–Kier alpha value is -2.38. The van der Waals surface area contributed by atoms with Crippen molar-refractivity contribution in [2.24, 2.45) is 0 Å². The lowest BCUT2D eigenvalue weighted by Gasteiger charge is -2.20. The quantitative estimate of drug-likeness (QED) is 0.520. The molecule has 146 valence electrons. The molecule has 0 saturated heterocycles. The first kappa shape index (κ1) is 19.0. The van der Waals surface area contributed by atoms with Crippen LogP contribution in [0, 0.1) is 16.4 Å². The van der Waals surface area contributed by atoms with Gasteiger partial charge in [0.05, 0.1) is 6.67 Å². The van der Waals surface area contributed by atoms with Gasteiger partial charge in [-0.2, -0.15) is 5.10 Å². The highest BCUT2D eigenvalue weighted by molar-refractivity contribution is 7.71. The first-order chi connectivity index (χ1) is 13.6. The van der Waals surface area contributed by atoms with Gasteiger partial charge in [-0.3, -0.25) is 9.47 Å². The van der Waals surface area contributed by atoms with Crippen molar-refractivity contribution in [3.05, 3.63) is 76.3 Å². The van der Waals surface area contributed by atoms with Crippen LogP contribution in [0.5, 0.6) is 0 Å². The van der Waals surface area contributed by atoms with Gasteiger partial charge >= 0.3 is 0 Å². The zero-order chi connectivity index (χ0) is 19.7. The van der Waals surface area contributed by atoms with Crippen molar-refractivity contribution in [1.82, 2.24) is 19.2 Å². The van der Waals surface area contributed by atoms with Crippen LogP contribution in [0.15, 0.2) is 48.5 Å². The Bertz CT molecular complexity index is 1000. The van der Waals surface area contributed by atoms with E-state index >= 15 is 0 Å². The number of aromatic nitrogens is 3. The van der Waals surface area contributed by atoms with Crippen LogP contribution in [-0.2, 0) is 13.2 Å². The van der Waals surface area contributed by atoms with Crippen LogP contribution < -0.4 is 0 Å². The van der Waals surface area contributed by atoms with Crippen LogP contribution in [0.1, 0.15) is 37.1 Å². The number of hydrogen-bond acceptors (Lipinski definition) is 3. The zero-order valence-electron chi connectivity index (χ0n) is 15.7. The molecule has 1 aliphatic rings. The SMILES string of the molecule is CCN(Cc1c(F)cccc1F)Cn1nc(C2CC2)n(-c2ccccc2)c1=S. The van der Waals surface area contributed by atoms with Crippen LogP contribution in [-0.4, -0.2) is 25.8 Å². The molecule has 0 radical (unpaired) electrons. The Morgan fingerprint density at radius 2 is 1.75 bits per heavy atom. The molecule has 1 aromatic heterocycles. The van der Waals surface area contributed by atoms with E-state index in [0.717, 1.165) is 24.4 Å². The third kappa shape index (κ3) is 3.77. The molecule has 7 heteroatoms. The fraction of sp³-hybridized carbons (Fsp3) is 0.333. The Labute approximate surface area is 168 Å². The summed E-state index contributed by atoms with van der Waals surface area (Å²) in [6.07, 6.45) is 2.22. The van der Waals surface area contributed by atoms with Crippen molar-refractivity contribution >= 4 is 12.2 Å². The first-order valence-electron chi connectivity index (χ1n) is 9.49. The summed E-state index contributed by atoms with van der Waals surface area (Å²) in [6, 6.07) is 13.9. The number of benzene rings is 2. The molecule has 28 heavy (non-hydrogen) atoms. The molecule has 4 rings (SSSR count). The molecule has 0 aliphatic heterocycles. The molecule has 1 saturated carbocycles. The predicted molar refractivity (Wildman–Crippen MR) is 107 cm³/mol. The second kappa shape index (κ2) is 7.93. The first-order valence-corrected chi connectivity index (χ1v) is 9.89. The Balaban J connectivity index is 1.65. The van der Waals surface area contributed by atoms with E-state index < -0.39 is 11.6 Å². The number of para-hydroxylation sites is 1. The number of halogens is 2. The van der Waals surface area contributed by atoms with Crippen molar-refractivity contribution in [2.75, 3.05) is 6.54 Å². The van der Waals surface area contributed by atoms with Crippen molar-refractivity contribution in [1.29, 1.82) is 0 Å². The van der Waals surface area contributed by atoms with E-state index in [1.54, 1.807) is 4.68 Å². The molecule has 3 aromatic rings. The second-order valence-corrected chi connectivity index (χ2v) is 7.44. The molecule has 4 nitrogen and oxygen atoms in total. The highest BCUT2D eigenvalue weighted by atomic mass is 32.1. The second-order valence-electron chi connectivity index (χ2n) is 7.07. The van der Waals surface area contributed by atoms with Crippen molar-refractivity contribution < 1.29 is 8.78 Å². The predicted octanol–water partition coefficient (Wildman–Crippen LogP) is 5.04. The van der Waals surface area contributed by atoms with E-state index in [1.807, 2.05) is 46.7 Å². The highest BCUT2D eigenvalue weighted by Crippen LogP contribution is 2.40. The molecule has 0 amide bonds. The van der Waals surface area contributed by atoms with E-state index in [2.05, 4.69) is 0 Å². The van der Waals surface area contributed by atoms with E-state index in [9.17, 15) is 8.78 Å². The van der Waals surface area contributed by atoms with Gasteiger partial charge in [-0.1, -0.05) is 31.2 Å². The van der Waals surface area contributed by atoms with Crippen LogP contribution in [0.3, 0.4) is 0 Å². The van der Waals surface area contributed by atoms with Crippen LogP contribution >= 0.6 is 12.2 Å². The fourth-order valence-electron chi connectivity index (χ4n) is 3.30. The van der Waals surface area contributed by atoms with Gasteiger partial charge in [-0.15, -0.1) is 0 Å². The third-order valence-corrected chi connectivity index (χ3v) is 5.44. The molecule has 2 aromatic carbocycles. The van der Waals surface area contributed by atoms with E-state index in [4.69, 9.17) is 17.3 Å².